The van der Waals surface area contributed by atoms with E-state index in [2.05, 4.69) is 15.3 Å². The SMILES string of the molecule is COc1ccc(NC(=O)CN(C)Cc2nc3sc(-c4ccccc4)cc3c(=O)[nH]2)cc1. The van der Waals surface area contributed by atoms with Crippen LogP contribution in [-0.2, 0) is 11.3 Å². The van der Waals surface area contributed by atoms with Crippen molar-refractivity contribution in [1.82, 2.24) is 14.9 Å². The van der Waals surface area contributed by atoms with Gasteiger partial charge in [-0.2, -0.15) is 0 Å². The second-order valence-corrected chi connectivity index (χ2v) is 8.19. The lowest BCUT2D eigenvalue weighted by molar-refractivity contribution is -0.117. The zero-order valence-corrected chi connectivity index (χ0v) is 18.0. The third-order valence-electron chi connectivity index (χ3n) is 4.72. The summed E-state index contributed by atoms with van der Waals surface area (Å²) in [4.78, 5) is 35.8. The number of nitrogens with zero attached hydrogens (tertiary/aromatic N) is 2. The molecule has 8 heteroatoms. The van der Waals surface area contributed by atoms with Gasteiger partial charge in [0.1, 0.15) is 16.4 Å². The Hall–Kier alpha value is -3.49. The molecule has 2 aromatic carbocycles. The van der Waals surface area contributed by atoms with Crippen LogP contribution in [0.4, 0.5) is 5.69 Å². The summed E-state index contributed by atoms with van der Waals surface area (Å²) in [6.45, 7) is 0.507. The minimum atomic E-state index is -0.172. The van der Waals surface area contributed by atoms with E-state index in [1.54, 1.807) is 36.3 Å². The highest BCUT2D eigenvalue weighted by atomic mass is 32.1. The van der Waals surface area contributed by atoms with E-state index in [9.17, 15) is 9.59 Å². The zero-order valence-electron chi connectivity index (χ0n) is 17.2. The lowest BCUT2D eigenvalue weighted by atomic mass is 10.2. The average Bonchev–Trinajstić information content (AvgIpc) is 3.19. The van der Waals surface area contributed by atoms with Crippen molar-refractivity contribution >= 4 is 33.1 Å². The Morgan fingerprint density at radius 2 is 1.90 bits per heavy atom. The standard InChI is InChI=1S/C23H22N4O3S/c1-27(14-21(28)24-16-8-10-17(30-2)11-9-16)13-20-25-22(29)18-12-19(31-23(18)26-20)15-6-4-3-5-7-15/h3-12H,13-14H2,1-2H3,(H,24,28)(H,25,26,29). The molecule has 4 aromatic rings. The number of ether oxygens (including phenoxy) is 1. The van der Waals surface area contributed by atoms with Gasteiger partial charge in [-0.05, 0) is 42.9 Å². The quantitative estimate of drug-likeness (QED) is 0.463. The van der Waals surface area contributed by atoms with E-state index in [1.807, 2.05) is 43.4 Å². The van der Waals surface area contributed by atoms with Crippen LogP contribution in [0.1, 0.15) is 5.82 Å². The second kappa shape index (κ2) is 9.11. The van der Waals surface area contributed by atoms with Crippen LogP contribution in [-0.4, -0.2) is 41.5 Å². The number of hydrogen-bond acceptors (Lipinski definition) is 6. The molecular weight excluding hydrogens is 412 g/mol. The van der Waals surface area contributed by atoms with Crippen LogP contribution in [0.3, 0.4) is 0 Å². The van der Waals surface area contributed by atoms with Crippen LogP contribution in [0, 0.1) is 0 Å². The number of hydrogen-bond donors (Lipinski definition) is 2. The highest BCUT2D eigenvalue weighted by Crippen LogP contribution is 2.30. The van der Waals surface area contributed by atoms with Gasteiger partial charge < -0.3 is 15.0 Å². The summed E-state index contributed by atoms with van der Waals surface area (Å²) in [5, 5.41) is 3.42. The van der Waals surface area contributed by atoms with Crippen LogP contribution in [0.15, 0.2) is 65.5 Å². The second-order valence-electron chi connectivity index (χ2n) is 7.16. The van der Waals surface area contributed by atoms with Gasteiger partial charge in [-0.1, -0.05) is 30.3 Å². The first-order chi connectivity index (χ1) is 15.0. The average molecular weight is 435 g/mol. The summed E-state index contributed by atoms with van der Waals surface area (Å²) in [5.74, 6) is 1.10. The number of aromatic nitrogens is 2. The van der Waals surface area contributed by atoms with Crippen LogP contribution < -0.4 is 15.6 Å². The van der Waals surface area contributed by atoms with Crippen molar-refractivity contribution in [2.24, 2.45) is 0 Å². The van der Waals surface area contributed by atoms with Gasteiger partial charge >= 0.3 is 0 Å². The maximum atomic E-state index is 12.5. The summed E-state index contributed by atoms with van der Waals surface area (Å²) in [6.07, 6.45) is 0. The number of fused-ring (bicyclic) bond motifs is 1. The number of anilines is 1. The van der Waals surface area contributed by atoms with Crippen molar-refractivity contribution in [3.05, 3.63) is 76.8 Å². The number of amides is 1. The molecule has 0 saturated carbocycles. The molecule has 0 bridgehead atoms. The fourth-order valence-electron chi connectivity index (χ4n) is 3.23. The normalized spacial score (nSPS) is 11.1. The van der Waals surface area contributed by atoms with Gasteiger partial charge in [-0.25, -0.2) is 4.98 Å². The lowest BCUT2D eigenvalue weighted by Gasteiger charge is -2.15. The number of thiophene rings is 1. The van der Waals surface area contributed by atoms with E-state index in [-0.39, 0.29) is 18.0 Å². The maximum Gasteiger partial charge on any atom is 0.259 e. The number of methoxy groups -OCH3 is 1. The van der Waals surface area contributed by atoms with Gasteiger partial charge in [0.05, 0.1) is 25.6 Å². The predicted molar refractivity (Wildman–Crippen MR) is 124 cm³/mol. The van der Waals surface area contributed by atoms with Crippen molar-refractivity contribution in [1.29, 1.82) is 0 Å². The predicted octanol–water partition coefficient (Wildman–Crippen LogP) is 3.73. The molecule has 0 spiro atoms. The molecule has 2 N–H and O–H groups in total. The zero-order chi connectivity index (χ0) is 21.8. The first-order valence-electron chi connectivity index (χ1n) is 9.72. The number of H-pyrrole nitrogens is 1. The highest BCUT2D eigenvalue weighted by molar-refractivity contribution is 7.21. The molecule has 158 valence electrons. The molecule has 0 saturated heterocycles. The monoisotopic (exact) mass is 434 g/mol. The maximum absolute atomic E-state index is 12.5. The van der Waals surface area contributed by atoms with Crippen LogP contribution in [0.25, 0.3) is 20.7 Å². The Kier molecular flexibility index (Phi) is 6.11. The molecule has 0 atom stereocenters. The molecule has 2 heterocycles. The van der Waals surface area contributed by atoms with Gasteiger partial charge in [0.25, 0.3) is 5.56 Å². The molecule has 2 aromatic heterocycles. The third kappa shape index (κ3) is 4.99. The molecule has 0 unspecified atom stereocenters. The molecule has 7 nitrogen and oxygen atoms in total. The van der Waals surface area contributed by atoms with Gasteiger partial charge in [-0.15, -0.1) is 11.3 Å². The molecular formula is C23H22N4O3S. The van der Waals surface area contributed by atoms with Crippen molar-refractivity contribution in [3.8, 4) is 16.2 Å². The molecule has 1 amide bonds. The Morgan fingerprint density at radius 3 is 2.61 bits per heavy atom. The van der Waals surface area contributed by atoms with Crippen LogP contribution in [0.5, 0.6) is 5.75 Å². The number of carbonyl (C=O) groups excluding carboxylic acids is 1. The summed E-state index contributed by atoms with van der Waals surface area (Å²) in [6, 6.07) is 18.9. The molecule has 0 fully saturated rings. The van der Waals surface area contributed by atoms with Gasteiger partial charge in [0.2, 0.25) is 5.91 Å². The molecule has 4 rings (SSSR count). The Morgan fingerprint density at radius 1 is 1.16 bits per heavy atom. The number of likely N-dealkylation sites (N-methyl/N-ethyl adjacent to an activating group) is 1. The number of carbonyl (C=O) groups is 1. The van der Waals surface area contributed by atoms with E-state index in [0.29, 0.717) is 28.3 Å². The Balaban J connectivity index is 1.43. The number of aromatic amines is 1. The van der Waals surface area contributed by atoms with Crippen molar-refractivity contribution < 1.29 is 9.53 Å². The minimum Gasteiger partial charge on any atom is -0.497 e. The van der Waals surface area contributed by atoms with E-state index in [0.717, 1.165) is 16.2 Å². The lowest BCUT2D eigenvalue weighted by Crippen LogP contribution is -2.31. The molecule has 0 aliphatic heterocycles. The summed E-state index contributed by atoms with van der Waals surface area (Å²) >= 11 is 1.49. The largest absolute Gasteiger partial charge is 0.497 e. The molecule has 0 aliphatic carbocycles. The molecule has 0 radical (unpaired) electrons. The fourth-order valence-corrected chi connectivity index (χ4v) is 4.28. The van der Waals surface area contributed by atoms with E-state index >= 15 is 0 Å². The van der Waals surface area contributed by atoms with E-state index in [4.69, 9.17) is 4.74 Å². The first-order valence-corrected chi connectivity index (χ1v) is 10.5. The van der Waals surface area contributed by atoms with Crippen molar-refractivity contribution in [2.75, 3.05) is 26.0 Å². The summed E-state index contributed by atoms with van der Waals surface area (Å²) < 4.78 is 5.12. The highest BCUT2D eigenvalue weighted by Gasteiger charge is 2.13. The van der Waals surface area contributed by atoms with Crippen molar-refractivity contribution in [2.45, 2.75) is 6.54 Å². The first kappa shape index (κ1) is 20.8. The van der Waals surface area contributed by atoms with Gasteiger partial charge in [0.15, 0.2) is 0 Å². The minimum absolute atomic E-state index is 0.154. The van der Waals surface area contributed by atoms with Crippen LogP contribution in [0.2, 0.25) is 0 Å². The topological polar surface area (TPSA) is 87.3 Å². The van der Waals surface area contributed by atoms with Gasteiger partial charge in [0, 0.05) is 10.6 Å². The van der Waals surface area contributed by atoms with Crippen molar-refractivity contribution in [3.63, 3.8) is 0 Å². The fraction of sp³-hybridized carbons (Fsp3) is 0.174. The Labute approximate surface area is 183 Å². The third-order valence-corrected chi connectivity index (χ3v) is 5.79. The van der Waals surface area contributed by atoms with Gasteiger partial charge in [-0.3, -0.25) is 14.5 Å². The van der Waals surface area contributed by atoms with Crippen LogP contribution >= 0.6 is 11.3 Å². The number of rotatable bonds is 7. The smallest absolute Gasteiger partial charge is 0.259 e. The molecule has 0 aliphatic rings. The van der Waals surface area contributed by atoms with E-state index < -0.39 is 0 Å². The Bertz CT molecular complexity index is 1250. The summed E-state index contributed by atoms with van der Waals surface area (Å²) in [7, 11) is 3.40. The van der Waals surface area contributed by atoms with E-state index in [1.165, 1.54) is 11.3 Å². The summed E-state index contributed by atoms with van der Waals surface area (Å²) in [5.41, 5.74) is 1.58. The molecule has 31 heavy (non-hydrogen) atoms. The number of benzene rings is 2. The number of nitrogens with one attached hydrogen (secondary N) is 2.